The number of carbonyl (C=O) groups is 1. The van der Waals surface area contributed by atoms with E-state index in [4.69, 9.17) is 5.11 Å². The van der Waals surface area contributed by atoms with Gasteiger partial charge in [0.25, 0.3) is 0 Å². The van der Waals surface area contributed by atoms with Crippen molar-refractivity contribution in [3.63, 3.8) is 0 Å². The third kappa shape index (κ3) is 3.32. The number of nitrogens with one attached hydrogen (secondary N) is 1. The molecule has 0 saturated carbocycles. The molecule has 0 fully saturated rings. The first-order valence-corrected chi connectivity index (χ1v) is 5.89. The third-order valence-corrected chi connectivity index (χ3v) is 3.17. The number of hydrogen-bond donors (Lipinski definition) is 2. The highest BCUT2D eigenvalue weighted by Gasteiger charge is 2.23. The number of carbonyl (C=O) groups excluding carboxylic acids is 1. The maximum absolute atomic E-state index is 11.0. The van der Waals surface area contributed by atoms with E-state index < -0.39 is 6.61 Å². The highest BCUT2D eigenvalue weighted by Crippen LogP contribution is 2.29. The van der Waals surface area contributed by atoms with Crippen molar-refractivity contribution in [2.24, 2.45) is 0 Å². The van der Waals surface area contributed by atoms with E-state index in [1.165, 1.54) is 0 Å². The summed E-state index contributed by atoms with van der Waals surface area (Å²) in [5.41, 5.74) is 0.957. The molecule has 0 spiro atoms. The molecule has 4 heteroatoms. The van der Waals surface area contributed by atoms with Crippen LogP contribution < -0.4 is 5.32 Å². The standard InChI is InChI=1S/C12H16BrNO2/c1-12(2,8-14-11(16)7-15)9-5-3-4-6-10(9)13/h3-6,15H,7-8H2,1-2H3,(H,14,16). The summed E-state index contributed by atoms with van der Waals surface area (Å²) in [5.74, 6) is -0.347. The van der Waals surface area contributed by atoms with Gasteiger partial charge in [0, 0.05) is 16.4 Å². The number of rotatable bonds is 4. The van der Waals surface area contributed by atoms with E-state index in [1.54, 1.807) is 0 Å². The average Bonchev–Trinajstić information content (AvgIpc) is 2.26. The molecule has 2 N–H and O–H groups in total. The van der Waals surface area contributed by atoms with Gasteiger partial charge in [-0.3, -0.25) is 4.79 Å². The Labute approximate surface area is 104 Å². The van der Waals surface area contributed by atoms with Crippen molar-refractivity contribution in [3.8, 4) is 0 Å². The Morgan fingerprint density at radius 2 is 2.06 bits per heavy atom. The summed E-state index contributed by atoms with van der Waals surface area (Å²) in [7, 11) is 0. The zero-order chi connectivity index (χ0) is 12.2. The second kappa shape index (κ2) is 5.46. The Morgan fingerprint density at radius 3 is 2.62 bits per heavy atom. The lowest BCUT2D eigenvalue weighted by molar-refractivity contribution is -0.124. The van der Waals surface area contributed by atoms with Crippen LogP contribution in [0.2, 0.25) is 0 Å². The fourth-order valence-corrected chi connectivity index (χ4v) is 2.30. The van der Waals surface area contributed by atoms with E-state index in [2.05, 4.69) is 21.2 Å². The minimum atomic E-state index is -0.466. The van der Waals surface area contributed by atoms with Gasteiger partial charge in [0.2, 0.25) is 5.91 Å². The maximum Gasteiger partial charge on any atom is 0.245 e. The highest BCUT2D eigenvalue weighted by atomic mass is 79.9. The molecule has 3 nitrogen and oxygen atoms in total. The molecular formula is C12H16BrNO2. The topological polar surface area (TPSA) is 49.3 Å². The van der Waals surface area contributed by atoms with Crippen molar-refractivity contribution in [2.75, 3.05) is 13.2 Å². The molecule has 0 unspecified atom stereocenters. The largest absolute Gasteiger partial charge is 0.387 e. The van der Waals surface area contributed by atoms with E-state index in [0.717, 1.165) is 10.0 Å². The quantitative estimate of drug-likeness (QED) is 0.887. The molecule has 0 radical (unpaired) electrons. The van der Waals surface area contributed by atoms with Crippen LogP contribution in [-0.2, 0) is 10.2 Å². The summed E-state index contributed by atoms with van der Waals surface area (Å²) in [6.07, 6.45) is 0. The number of aliphatic hydroxyl groups excluding tert-OH is 1. The second-order valence-electron chi connectivity index (χ2n) is 4.30. The molecule has 16 heavy (non-hydrogen) atoms. The molecule has 0 bridgehead atoms. The Hall–Kier alpha value is -0.870. The molecule has 0 heterocycles. The lowest BCUT2D eigenvalue weighted by Gasteiger charge is -2.26. The Morgan fingerprint density at radius 1 is 1.44 bits per heavy atom. The van der Waals surface area contributed by atoms with E-state index in [0.29, 0.717) is 6.54 Å². The van der Waals surface area contributed by atoms with Gasteiger partial charge in [0.1, 0.15) is 6.61 Å². The summed E-state index contributed by atoms with van der Waals surface area (Å²) in [6, 6.07) is 7.92. The minimum absolute atomic E-state index is 0.176. The summed E-state index contributed by atoms with van der Waals surface area (Å²) in [6.45, 7) is 4.12. The zero-order valence-corrected chi connectivity index (χ0v) is 11.0. The van der Waals surface area contributed by atoms with Gasteiger partial charge in [-0.25, -0.2) is 0 Å². The van der Waals surface area contributed by atoms with Gasteiger partial charge < -0.3 is 10.4 Å². The number of halogens is 1. The van der Waals surface area contributed by atoms with Gasteiger partial charge in [0.15, 0.2) is 0 Å². The Balaban J connectivity index is 2.77. The minimum Gasteiger partial charge on any atom is -0.387 e. The van der Waals surface area contributed by atoms with Crippen LogP contribution in [0, 0.1) is 0 Å². The molecule has 88 valence electrons. The predicted octanol–water partition coefficient (Wildman–Crippen LogP) is 1.84. The van der Waals surface area contributed by atoms with E-state index in [-0.39, 0.29) is 11.3 Å². The van der Waals surface area contributed by atoms with Crippen LogP contribution >= 0.6 is 15.9 Å². The number of hydrogen-bond acceptors (Lipinski definition) is 2. The molecule has 0 aromatic heterocycles. The lowest BCUT2D eigenvalue weighted by atomic mass is 9.84. The Bertz CT molecular complexity index is 377. The molecular weight excluding hydrogens is 270 g/mol. The van der Waals surface area contributed by atoms with E-state index in [9.17, 15) is 4.79 Å². The first-order chi connectivity index (χ1) is 7.47. The first-order valence-electron chi connectivity index (χ1n) is 5.10. The molecule has 1 aromatic rings. The van der Waals surface area contributed by atoms with Crippen LogP contribution in [0.5, 0.6) is 0 Å². The molecule has 1 aromatic carbocycles. The normalized spacial score (nSPS) is 11.2. The average molecular weight is 286 g/mol. The van der Waals surface area contributed by atoms with Gasteiger partial charge in [0.05, 0.1) is 0 Å². The van der Waals surface area contributed by atoms with Gasteiger partial charge >= 0.3 is 0 Å². The molecule has 0 saturated heterocycles. The zero-order valence-electron chi connectivity index (χ0n) is 9.46. The summed E-state index contributed by atoms with van der Waals surface area (Å²) < 4.78 is 1.03. The van der Waals surface area contributed by atoms with Crippen LogP contribution in [0.25, 0.3) is 0 Å². The predicted molar refractivity (Wildman–Crippen MR) is 67.3 cm³/mol. The van der Waals surface area contributed by atoms with Gasteiger partial charge in [-0.1, -0.05) is 48.0 Å². The molecule has 0 aliphatic heterocycles. The molecule has 0 aliphatic rings. The highest BCUT2D eigenvalue weighted by molar-refractivity contribution is 9.10. The second-order valence-corrected chi connectivity index (χ2v) is 5.15. The van der Waals surface area contributed by atoms with Crippen LogP contribution in [0.1, 0.15) is 19.4 Å². The van der Waals surface area contributed by atoms with Crippen molar-refractivity contribution in [2.45, 2.75) is 19.3 Å². The molecule has 1 amide bonds. The number of amides is 1. The fraction of sp³-hybridized carbons (Fsp3) is 0.417. The summed E-state index contributed by atoms with van der Waals surface area (Å²) >= 11 is 3.49. The van der Waals surface area contributed by atoms with Gasteiger partial charge in [-0.2, -0.15) is 0 Å². The van der Waals surface area contributed by atoms with Gasteiger partial charge in [-0.15, -0.1) is 0 Å². The van der Waals surface area contributed by atoms with Crippen molar-refractivity contribution < 1.29 is 9.90 Å². The monoisotopic (exact) mass is 285 g/mol. The van der Waals surface area contributed by atoms with Crippen LogP contribution in [0.3, 0.4) is 0 Å². The fourth-order valence-electron chi connectivity index (χ4n) is 1.48. The SMILES string of the molecule is CC(C)(CNC(=O)CO)c1ccccc1Br. The smallest absolute Gasteiger partial charge is 0.245 e. The van der Waals surface area contributed by atoms with E-state index >= 15 is 0 Å². The van der Waals surface area contributed by atoms with Crippen molar-refractivity contribution in [1.82, 2.24) is 5.32 Å². The van der Waals surface area contributed by atoms with Crippen molar-refractivity contribution in [1.29, 1.82) is 0 Å². The lowest BCUT2D eigenvalue weighted by Crippen LogP contribution is -2.38. The van der Waals surface area contributed by atoms with Crippen LogP contribution in [-0.4, -0.2) is 24.2 Å². The maximum atomic E-state index is 11.0. The first kappa shape index (κ1) is 13.2. The summed E-state index contributed by atoms with van der Waals surface area (Å²) in [4.78, 5) is 11.0. The Kier molecular flexibility index (Phi) is 4.50. The van der Waals surface area contributed by atoms with Gasteiger partial charge in [-0.05, 0) is 11.6 Å². The molecule has 0 atom stereocenters. The molecule has 0 aliphatic carbocycles. The van der Waals surface area contributed by atoms with E-state index in [1.807, 2.05) is 38.1 Å². The number of aliphatic hydroxyl groups is 1. The van der Waals surface area contributed by atoms with Crippen LogP contribution in [0.15, 0.2) is 28.7 Å². The summed E-state index contributed by atoms with van der Waals surface area (Å²) in [5, 5.41) is 11.3. The third-order valence-electron chi connectivity index (χ3n) is 2.47. The number of benzene rings is 1. The molecule has 1 rings (SSSR count). The van der Waals surface area contributed by atoms with Crippen molar-refractivity contribution in [3.05, 3.63) is 34.3 Å². The van der Waals surface area contributed by atoms with Crippen LogP contribution in [0.4, 0.5) is 0 Å². The van der Waals surface area contributed by atoms with Crippen molar-refractivity contribution >= 4 is 21.8 Å².